The van der Waals surface area contributed by atoms with Gasteiger partial charge < -0.3 is 9.88 Å². The summed E-state index contributed by atoms with van der Waals surface area (Å²) in [6.45, 7) is 0.882. The molecule has 6 rings (SSSR count). The Labute approximate surface area is 187 Å². The van der Waals surface area contributed by atoms with Gasteiger partial charge in [0.1, 0.15) is 11.6 Å². The van der Waals surface area contributed by atoms with Crippen LogP contribution in [-0.4, -0.2) is 31.5 Å². The molecule has 4 aromatic rings. The average molecular weight is 450 g/mol. The summed E-state index contributed by atoms with van der Waals surface area (Å²) in [4.78, 5) is 23.4. The summed E-state index contributed by atoms with van der Waals surface area (Å²) in [5, 5.41) is 0. The third-order valence-electron chi connectivity index (χ3n) is 6.78. The van der Waals surface area contributed by atoms with Crippen molar-refractivity contribution in [3.63, 3.8) is 0 Å². The number of hydrogen-bond donors (Lipinski definition) is 1. The van der Waals surface area contributed by atoms with Gasteiger partial charge >= 0.3 is 6.18 Å². The van der Waals surface area contributed by atoms with Gasteiger partial charge in [-0.05, 0) is 56.0 Å². The summed E-state index contributed by atoms with van der Waals surface area (Å²) >= 11 is 0. The molecule has 0 bridgehead atoms. The van der Waals surface area contributed by atoms with Gasteiger partial charge in [0.2, 0.25) is 0 Å². The van der Waals surface area contributed by atoms with E-state index in [0.717, 1.165) is 73.8 Å². The molecule has 168 valence electrons. The monoisotopic (exact) mass is 450 g/mol. The molecule has 1 aliphatic heterocycles. The molecule has 6 nitrogen and oxygen atoms in total. The van der Waals surface area contributed by atoms with E-state index in [-0.39, 0.29) is 0 Å². The lowest BCUT2D eigenvalue weighted by Gasteiger charge is -2.40. The van der Waals surface area contributed by atoms with Crippen LogP contribution in [0.3, 0.4) is 0 Å². The smallest absolute Gasteiger partial charge is 0.340 e. The number of H-pyrrole nitrogens is 1. The van der Waals surface area contributed by atoms with Crippen molar-refractivity contribution in [2.45, 2.75) is 43.7 Å². The number of nitrogens with zero attached hydrogens (tertiary/aromatic N) is 5. The Bertz CT molecular complexity index is 1330. The minimum atomic E-state index is -4.44. The average Bonchev–Trinajstić information content (AvgIpc) is 3.21. The van der Waals surface area contributed by atoms with Crippen LogP contribution in [0.2, 0.25) is 0 Å². The van der Waals surface area contributed by atoms with Gasteiger partial charge in [-0.2, -0.15) is 13.2 Å². The van der Waals surface area contributed by atoms with Gasteiger partial charge in [-0.15, -0.1) is 0 Å². The van der Waals surface area contributed by atoms with Crippen molar-refractivity contribution in [3.8, 4) is 0 Å². The number of nitrogens with one attached hydrogen (secondary N) is 1. The van der Waals surface area contributed by atoms with Crippen molar-refractivity contribution in [2.24, 2.45) is 0 Å². The maximum atomic E-state index is 13.1. The van der Waals surface area contributed by atoms with Gasteiger partial charge in [-0.1, -0.05) is 12.5 Å². The van der Waals surface area contributed by atoms with Crippen LogP contribution in [0.15, 0.2) is 48.8 Å². The van der Waals surface area contributed by atoms with Crippen molar-refractivity contribution >= 4 is 22.7 Å². The van der Waals surface area contributed by atoms with E-state index in [4.69, 9.17) is 4.98 Å². The minimum absolute atomic E-state index is 0.295. The molecule has 0 spiro atoms. The Morgan fingerprint density at radius 2 is 1.88 bits per heavy atom. The Hall–Kier alpha value is -3.49. The summed E-state index contributed by atoms with van der Waals surface area (Å²) in [6, 6.07) is 11.1. The van der Waals surface area contributed by atoms with Gasteiger partial charge in [0, 0.05) is 18.9 Å². The summed E-state index contributed by atoms with van der Waals surface area (Å²) in [6.07, 6.45) is 2.72. The van der Waals surface area contributed by atoms with Crippen molar-refractivity contribution in [1.82, 2.24) is 24.9 Å². The zero-order valence-corrected chi connectivity index (χ0v) is 17.7. The Balaban J connectivity index is 1.40. The maximum Gasteiger partial charge on any atom is 0.417 e. The second-order valence-corrected chi connectivity index (χ2v) is 8.72. The molecule has 5 heterocycles. The van der Waals surface area contributed by atoms with Crippen LogP contribution in [-0.2, 0) is 18.0 Å². The van der Waals surface area contributed by atoms with Gasteiger partial charge in [0.05, 0.1) is 33.6 Å². The number of aromatic nitrogens is 5. The second kappa shape index (κ2) is 7.26. The van der Waals surface area contributed by atoms with Crippen LogP contribution in [0.5, 0.6) is 0 Å². The molecule has 1 fully saturated rings. The first-order chi connectivity index (χ1) is 15.9. The first kappa shape index (κ1) is 20.1. The molecule has 0 saturated heterocycles. The highest BCUT2D eigenvalue weighted by Gasteiger charge is 2.45. The summed E-state index contributed by atoms with van der Waals surface area (Å²) < 4.78 is 39.4. The third kappa shape index (κ3) is 3.25. The van der Waals surface area contributed by atoms with Crippen molar-refractivity contribution in [1.29, 1.82) is 0 Å². The molecule has 1 aliphatic carbocycles. The number of hydrogen-bond acceptors (Lipinski definition) is 5. The number of fused-ring (bicyclic) bond motifs is 2. The largest absolute Gasteiger partial charge is 0.417 e. The molecule has 1 N–H and O–H groups in total. The minimum Gasteiger partial charge on any atom is -0.340 e. The number of pyridine rings is 3. The first-order valence-electron chi connectivity index (χ1n) is 11.1. The van der Waals surface area contributed by atoms with E-state index in [1.165, 1.54) is 0 Å². The third-order valence-corrected chi connectivity index (χ3v) is 6.78. The topological polar surface area (TPSA) is 70.6 Å². The molecule has 9 heteroatoms. The van der Waals surface area contributed by atoms with Crippen molar-refractivity contribution in [2.75, 3.05) is 11.4 Å². The highest BCUT2D eigenvalue weighted by Crippen LogP contribution is 2.48. The van der Waals surface area contributed by atoms with Crippen LogP contribution < -0.4 is 4.90 Å². The number of rotatable bonds is 3. The number of imidazole rings is 1. The number of alkyl halides is 3. The molecule has 2 aliphatic rings. The van der Waals surface area contributed by atoms with Crippen LogP contribution >= 0.6 is 0 Å². The van der Waals surface area contributed by atoms with Crippen LogP contribution in [0.1, 0.15) is 48.5 Å². The van der Waals surface area contributed by atoms with E-state index in [9.17, 15) is 13.2 Å². The molecule has 4 aromatic heterocycles. The van der Waals surface area contributed by atoms with Gasteiger partial charge in [0.25, 0.3) is 0 Å². The van der Waals surface area contributed by atoms with E-state index < -0.39 is 17.2 Å². The highest BCUT2D eigenvalue weighted by atomic mass is 19.4. The molecule has 0 unspecified atom stereocenters. The van der Waals surface area contributed by atoms with Crippen molar-refractivity contribution in [3.05, 3.63) is 71.6 Å². The van der Waals surface area contributed by atoms with Crippen molar-refractivity contribution < 1.29 is 13.2 Å². The standard InChI is InChI=1S/C24H21F3N6/c25-24(26,27)15-13-17-21(29-14-15)32-22(31-17)23(9-4-10-23)19-8-7-18-16(30-19)5-3-12-33(18)20-6-1-2-11-28-20/h1-2,6-8,11,13-14H,3-5,9-10,12H2,(H,29,31,32). The predicted molar refractivity (Wildman–Crippen MR) is 117 cm³/mol. The molecule has 0 amide bonds. The van der Waals surface area contributed by atoms with Crippen LogP contribution in [0.25, 0.3) is 11.2 Å². The van der Waals surface area contributed by atoms with Crippen LogP contribution in [0.4, 0.5) is 24.7 Å². The zero-order chi connectivity index (χ0) is 22.6. The van der Waals surface area contributed by atoms with E-state index in [2.05, 4.69) is 30.9 Å². The van der Waals surface area contributed by atoms with E-state index >= 15 is 0 Å². The number of halogens is 3. The Morgan fingerprint density at radius 3 is 2.61 bits per heavy atom. The van der Waals surface area contributed by atoms with Crippen LogP contribution in [0, 0.1) is 0 Å². The summed E-state index contributed by atoms with van der Waals surface area (Å²) in [7, 11) is 0. The molecule has 0 atom stereocenters. The quantitative estimate of drug-likeness (QED) is 0.457. The van der Waals surface area contributed by atoms with Gasteiger partial charge in [0.15, 0.2) is 5.65 Å². The predicted octanol–water partition coefficient (Wildman–Crippen LogP) is 5.32. The Kier molecular flexibility index (Phi) is 4.43. The molecular formula is C24H21F3N6. The number of anilines is 2. The summed E-state index contributed by atoms with van der Waals surface area (Å²) in [5.74, 6) is 1.54. The fraction of sp³-hybridized carbons (Fsp3) is 0.333. The van der Waals surface area contributed by atoms with Gasteiger partial charge in [-0.3, -0.25) is 4.98 Å². The lowest BCUT2D eigenvalue weighted by Crippen LogP contribution is -2.38. The summed E-state index contributed by atoms with van der Waals surface area (Å²) in [5.41, 5.74) is 2.36. The zero-order valence-electron chi connectivity index (χ0n) is 17.7. The SMILES string of the molecule is FC(F)(F)c1cnc2nc(C3(c4ccc5c(n4)CCCN5c4ccccn4)CCC3)[nH]c2c1. The number of aromatic amines is 1. The number of aryl methyl sites for hydroxylation is 1. The van der Waals surface area contributed by atoms with E-state index in [0.29, 0.717) is 17.0 Å². The van der Waals surface area contributed by atoms with Gasteiger partial charge in [-0.25, -0.2) is 15.0 Å². The maximum absolute atomic E-state index is 13.1. The first-order valence-corrected chi connectivity index (χ1v) is 11.1. The second-order valence-electron chi connectivity index (χ2n) is 8.72. The lowest BCUT2D eigenvalue weighted by atomic mass is 9.65. The Morgan fingerprint density at radius 1 is 1.00 bits per heavy atom. The van der Waals surface area contributed by atoms with E-state index in [1.54, 1.807) is 6.20 Å². The highest BCUT2D eigenvalue weighted by molar-refractivity contribution is 5.72. The molecule has 0 radical (unpaired) electrons. The normalized spacial score (nSPS) is 17.6. The fourth-order valence-corrected chi connectivity index (χ4v) is 4.89. The molecule has 1 saturated carbocycles. The molecule has 0 aromatic carbocycles. The lowest BCUT2D eigenvalue weighted by molar-refractivity contribution is -0.137. The molecular weight excluding hydrogens is 429 g/mol. The molecule has 33 heavy (non-hydrogen) atoms. The fourth-order valence-electron chi connectivity index (χ4n) is 4.89. The van der Waals surface area contributed by atoms with E-state index in [1.807, 2.05) is 24.3 Å².